The largest absolute Gasteiger partial charge is 0.494 e. The number of rotatable bonds is 10. The van der Waals surface area contributed by atoms with E-state index in [-0.39, 0.29) is 18.0 Å². The summed E-state index contributed by atoms with van der Waals surface area (Å²) in [6.07, 6.45) is 3.27. The van der Waals surface area contributed by atoms with Crippen LogP contribution in [-0.2, 0) is 16.2 Å². The summed E-state index contributed by atoms with van der Waals surface area (Å²) in [6.45, 7) is 2.62. The molecule has 0 atom stereocenters. The molecule has 3 aromatic carbocycles. The second-order valence-corrected chi connectivity index (χ2v) is 8.44. The lowest BCUT2D eigenvalue weighted by Crippen LogP contribution is -2.54. The van der Waals surface area contributed by atoms with Crippen molar-refractivity contribution in [1.29, 1.82) is 0 Å². The van der Waals surface area contributed by atoms with Crippen molar-refractivity contribution in [2.24, 2.45) is 0 Å². The molecule has 0 spiro atoms. The molecule has 0 aromatic heterocycles. The second-order valence-electron chi connectivity index (χ2n) is 8.44. The topological polar surface area (TPSA) is 94.2 Å². The first kappa shape index (κ1) is 26.4. The molecule has 196 valence electrons. The molecule has 3 aromatic rings. The summed E-state index contributed by atoms with van der Waals surface area (Å²) in [7, 11) is 1.44. The van der Waals surface area contributed by atoms with Gasteiger partial charge in [0.1, 0.15) is 23.7 Å². The van der Waals surface area contributed by atoms with Crippen molar-refractivity contribution in [2.75, 3.05) is 18.6 Å². The second kappa shape index (κ2) is 12.1. The summed E-state index contributed by atoms with van der Waals surface area (Å²) in [5, 5.41) is 2.21. The summed E-state index contributed by atoms with van der Waals surface area (Å²) < 4.78 is 30.7. The Hall–Kier alpha value is -4.66. The highest BCUT2D eigenvalue weighted by Gasteiger charge is 2.36. The van der Waals surface area contributed by atoms with Crippen molar-refractivity contribution in [1.82, 2.24) is 5.32 Å². The number of carbonyl (C=O) groups is 3. The fourth-order valence-corrected chi connectivity index (χ4v) is 3.75. The van der Waals surface area contributed by atoms with E-state index >= 15 is 0 Å². The number of amides is 4. The van der Waals surface area contributed by atoms with Crippen LogP contribution in [0.4, 0.5) is 14.9 Å². The monoisotopic (exact) mass is 518 g/mol. The highest BCUT2D eigenvalue weighted by molar-refractivity contribution is 6.39. The third-order valence-corrected chi connectivity index (χ3v) is 5.80. The van der Waals surface area contributed by atoms with E-state index in [1.807, 2.05) is 0 Å². The molecule has 1 aliphatic rings. The number of methoxy groups -OCH3 is 1. The molecule has 1 aliphatic heterocycles. The van der Waals surface area contributed by atoms with E-state index < -0.39 is 17.8 Å². The van der Waals surface area contributed by atoms with Crippen LogP contribution in [-0.4, -0.2) is 31.6 Å². The molecule has 4 amide bonds. The van der Waals surface area contributed by atoms with Gasteiger partial charge in [-0.25, -0.2) is 14.1 Å². The highest BCUT2D eigenvalue weighted by Crippen LogP contribution is 2.31. The van der Waals surface area contributed by atoms with Gasteiger partial charge in [0.2, 0.25) is 0 Å². The summed E-state index contributed by atoms with van der Waals surface area (Å²) in [6, 6.07) is 16.7. The first-order valence-electron chi connectivity index (χ1n) is 12.1. The van der Waals surface area contributed by atoms with Crippen LogP contribution >= 0.6 is 0 Å². The Morgan fingerprint density at radius 2 is 1.71 bits per heavy atom. The highest BCUT2D eigenvalue weighted by atomic mass is 19.1. The molecular weight excluding hydrogens is 491 g/mol. The number of nitrogens with one attached hydrogen (secondary N) is 1. The van der Waals surface area contributed by atoms with Crippen molar-refractivity contribution in [3.8, 4) is 17.2 Å². The van der Waals surface area contributed by atoms with Gasteiger partial charge in [0.15, 0.2) is 11.5 Å². The fourth-order valence-electron chi connectivity index (χ4n) is 3.75. The van der Waals surface area contributed by atoms with Gasteiger partial charge < -0.3 is 14.2 Å². The van der Waals surface area contributed by atoms with Gasteiger partial charge in [0.25, 0.3) is 11.8 Å². The average Bonchev–Trinajstić information content (AvgIpc) is 2.92. The van der Waals surface area contributed by atoms with Crippen LogP contribution in [0.25, 0.3) is 6.08 Å². The maximum atomic E-state index is 13.9. The van der Waals surface area contributed by atoms with Crippen LogP contribution in [0.5, 0.6) is 17.2 Å². The van der Waals surface area contributed by atoms with Crippen molar-refractivity contribution in [3.05, 3.63) is 89.2 Å². The van der Waals surface area contributed by atoms with E-state index in [1.165, 1.54) is 19.3 Å². The predicted molar refractivity (Wildman–Crippen MR) is 140 cm³/mol. The number of unbranched alkanes of at least 4 members (excludes halogenated alkanes) is 1. The van der Waals surface area contributed by atoms with Crippen LogP contribution in [0, 0.1) is 5.82 Å². The van der Waals surface area contributed by atoms with Gasteiger partial charge in [-0.05, 0) is 60.5 Å². The molecule has 9 heteroatoms. The SMILES string of the molecule is CCCCOc1ccc(N2C(=O)NC(=O)/C(=C/c3ccc(OCc4ccccc4F)c(OC)c3)C2=O)cc1. The number of urea groups is 1. The Labute approximate surface area is 219 Å². The van der Waals surface area contributed by atoms with Gasteiger partial charge in [-0.3, -0.25) is 14.9 Å². The number of barbiturate groups is 1. The number of ether oxygens (including phenoxy) is 3. The third-order valence-electron chi connectivity index (χ3n) is 5.80. The first-order chi connectivity index (χ1) is 18.4. The minimum absolute atomic E-state index is 0.0101. The van der Waals surface area contributed by atoms with E-state index in [4.69, 9.17) is 14.2 Å². The Balaban J connectivity index is 1.54. The number of carbonyl (C=O) groups excluding carboxylic acids is 3. The van der Waals surface area contributed by atoms with Gasteiger partial charge in [0, 0.05) is 5.56 Å². The van der Waals surface area contributed by atoms with Crippen LogP contribution in [0.15, 0.2) is 72.3 Å². The van der Waals surface area contributed by atoms with Crippen molar-refractivity contribution < 1.29 is 33.0 Å². The number of nitrogens with zero attached hydrogens (tertiary/aromatic N) is 1. The number of benzene rings is 3. The minimum atomic E-state index is -0.841. The lowest BCUT2D eigenvalue weighted by Gasteiger charge is -2.26. The van der Waals surface area contributed by atoms with E-state index in [9.17, 15) is 18.8 Å². The zero-order valence-electron chi connectivity index (χ0n) is 21.0. The zero-order chi connectivity index (χ0) is 27.1. The molecule has 38 heavy (non-hydrogen) atoms. The van der Waals surface area contributed by atoms with Crippen molar-refractivity contribution in [2.45, 2.75) is 26.4 Å². The van der Waals surface area contributed by atoms with Crippen LogP contribution in [0.2, 0.25) is 0 Å². The first-order valence-corrected chi connectivity index (χ1v) is 12.1. The number of hydrogen-bond donors (Lipinski definition) is 1. The molecule has 0 bridgehead atoms. The van der Waals surface area contributed by atoms with E-state index in [2.05, 4.69) is 12.2 Å². The molecule has 0 saturated carbocycles. The van der Waals surface area contributed by atoms with Crippen molar-refractivity contribution in [3.63, 3.8) is 0 Å². The summed E-state index contributed by atoms with van der Waals surface area (Å²) in [4.78, 5) is 39.2. The molecule has 1 N–H and O–H groups in total. The molecule has 1 saturated heterocycles. The Kier molecular flexibility index (Phi) is 8.37. The van der Waals surface area contributed by atoms with Gasteiger partial charge >= 0.3 is 6.03 Å². The van der Waals surface area contributed by atoms with Crippen LogP contribution in [0.1, 0.15) is 30.9 Å². The fraction of sp³-hybridized carbons (Fsp3) is 0.207. The number of imide groups is 2. The Morgan fingerprint density at radius 3 is 2.42 bits per heavy atom. The third kappa shape index (κ3) is 6.00. The molecule has 4 rings (SSSR count). The lowest BCUT2D eigenvalue weighted by atomic mass is 10.1. The summed E-state index contributed by atoms with van der Waals surface area (Å²) >= 11 is 0. The Morgan fingerprint density at radius 1 is 0.947 bits per heavy atom. The van der Waals surface area contributed by atoms with Gasteiger partial charge in [-0.1, -0.05) is 37.6 Å². The van der Waals surface area contributed by atoms with Crippen LogP contribution in [0.3, 0.4) is 0 Å². The van der Waals surface area contributed by atoms with Crippen LogP contribution < -0.4 is 24.4 Å². The van der Waals surface area contributed by atoms with Gasteiger partial charge in [-0.2, -0.15) is 0 Å². The van der Waals surface area contributed by atoms with Gasteiger partial charge in [-0.15, -0.1) is 0 Å². The van der Waals surface area contributed by atoms with Crippen molar-refractivity contribution >= 4 is 29.6 Å². The summed E-state index contributed by atoms with van der Waals surface area (Å²) in [5.74, 6) is -0.663. The number of anilines is 1. The summed E-state index contributed by atoms with van der Waals surface area (Å²) in [5.41, 5.74) is 0.918. The quantitative estimate of drug-likeness (QED) is 0.224. The number of hydrogen-bond acceptors (Lipinski definition) is 6. The molecule has 1 heterocycles. The molecule has 1 fully saturated rings. The lowest BCUT2D eigenvalue weighted by molar-refractivity contribution is -0.122. The minimum Gasteiger partial charge on any atom is -0.494 e. The normalized spacial score (nSPS) is 14.4. The average molecular weight is 519 g/mol. The maximum absolute atomic E-state index is 13.9. The molecular formula is C29H27FN2O6. The molecule has 0 aliphatic carbocycles. The van der Waals surface area contributed by atoms with E-state index in [0.29, 0.717) is 40.7 Å². The molecule has 0 unspecified atom stereocenters. The molecule has 0 radical (unpaired) electrons. The zero-order valence-corrected chi connectivity index (χ0v) is 21.0. The maximum Gasteiger partial charge on any atom is 0.335 e. The molecule has 8 nitrogen and oxygen atoms in total. The predicted octanol–water partition coefficient (Wildman–Crippen LogP) is 5.26. The standard InChI is InChI=1S/C29H27FN2O6/c1-3-4-15-37-22-12-10-21(11-13-22)32-28(34)23(27(33)31-29(32)35)16-19-9-14-25(26(17-19)36-2)38-18-20-7-5-6-8-24(20)30/h5-14,16-17H,3-4,15,18H2,1-2H3,(H,31,33,35)/b23-16-. The smallest absolute Gasteiger partial charge is 0.335 e. The van der Waals surface area contributed by atoms with E-state index in [1.54, 1.807) is 60.7 Å². The van der Waals surface area contributed by atoms with E-state index in [0.717, 1.165) is 17.7 Å². The number of halogens is 1. The van der Waals surface area contributed by atoms with Gasteiger partial charge in [0.05, 0.1) is 19.4 Å². The Bertz CT molecular complexity index is 1370.